The Morgan fingerprint density at radius 2 is 2.25 bits per heavy atom. The first-order chi connectivity index (χ1) is 7.88. The lowest BCUT2D eigenvalue weighted by atomic mass is 9.69. The van der Waals surface area contributed by atoms with Gasteiger partial charge in [0.15, 0.2) is 0 Å². The molecule has 0 spiro atoms. The maximum Gasteiger partial charge on any atom is 0.211 e. The van der Waals surface area contributed by atoms with Crippen molar-refractivity contribution >= 4 is 12.1 Å². The molecular formula is C14H17NO. The molecule has 2 nitrogen and oxygen atoms in total. The number of carbonyl (C=O) groups is 1. The molecule has 2 heteroatoms. The SMILES string of the molecule is O=CNc1cccc2c1C1CCCC(C2)C1. The van der Waals surface area contributed by atoms with Crippen molar-refractivity contribution in [1.29, 1.82) is 0 Å². The summed E-state index contributed by atoms with van der Waals surface area (Å²) >= 11 is 0. The van der Waals surface area contributed by atoms with Crippen molar-refractivity contribution in [2.75, 3.05) is 5.32 Å². The summed E-state index contributed by atoms with van der Waals surface area (Å²) in [6.45, 7) is 0. The lowest BCUT2D eigenvalue weighted by molar-refractivity contribution is -0.105. The monoisotopic (exact) mass is 215 g/mol. The van der Waals surface area contributed by atoms with E-state index in [9.17, 15) is 4.79 Å². The molecule has 2 unspecified atom stereocenters. The second-order valence-electron chi connectivity index (χ2n) is 5.07. The zero-order valence-corrected chi connectivity index (χ0v) is 9.41. The molecule has 3 rings (SSSR count). The fourth-order valence-electron chi connectivity index (χ4n) is 3.51. The third kappa shape index (κ3) is 1.53. The summed E-state index contributed by atoms with van der Waals surface area (Å²) in [5.41, 5.74) is 3.93. The first kappa shape index (κ1) is 9.88. The van der Waals surface area contributed by atoms with Crippen LogP contribution in [0.3, 0.4) is 0 Å². The van der Waals surface area contributed by atoms with E-state index in [0.29, 0.717) is 5.92 Å². The number of benzene rings is 1. The van der Waals surface area contributed by atoms with Crippen molar-refractivity contribution in [2.24, 2.45) is 5.92 Å². The first-order valence-corrected chi connectivity index (χ1v) is 6.20. The minimum absolute atomic E-state index is 0.686. The van der Waals surface area contributed by atoms with Crippen LogP contribution in [-0.2, 0) is 11.2 Å². The molecule has 1 fully saturated rings. The largest absolute Gasteiger partial charge is 0.328 e. The number of anilines is 1. The highest BCUT2D eigenvalue weighted by atomic mass is 16.1. The van der Waals surface area contributed by atoms with E-state index in [1.807, 2.05) is 6.07 Å². The molecule has 2 aliphatic carbocycles. The third-order valence-corrected chi connectivity index (χ3v) is 4.11. The van der Waals surface area contributed by atoms with Crippen LogP contribution in [-0.4, -0.2) is 6.41 Å². The molecule has 2 atom stereocenters. The van der Waals surface area contributed by atoms with Crippen molar-refractivity contribution in [1.82, 2.24) is 0 Å². The molecule has 0 aromatic heterocycles. The zero-order chi connectivity index (χ0) is 11.0. The van der Waals surface area contributed by atoms with E-state index in [1.54, 1.807) is 0 Å². The second-order valence-corrected chi connectivity index (χ2v) is 5.07. The average Bonchev–Trinajstić information content (AvgIpc) is 2.29. The summed E-state index contributed by atoms with van der Waals surface area (Å²) in [6, 6.07) is 6.32. The Kier molecular flexibility index (Phi) is 2.43. The van der Waals surface area contributed by atoms with Gasteiger partial charge in [0, 0.05) is 5.69 Å². The lowest BCUT2D eigenvalue weighted by Crippen LogP contribution is -2.24. The number of fused-ring (bicyclic) bond motifs is 4. The molecule has 2 bridgehead atoms. The van der Waals surface area contributed by atoms with Crippen molar-refractivity contribution in [2.45, 2.75) is 38.0 Å². The maximum atomic E-state index is 10.6. The van der Waals surface area contributed by atoms with Gasteiger partial charge in [-0.2, -0.15) is 0 Å². The Morgan fingerprint density at radius 3 is 3.12 bits per heavy atom. The molecule has 84 valence electrons. The molecular weight excluding hydrogens is 198 g/mol. The molecule has 0 radical (unpaired) electrons. The van der Waals surface area contributed by atoms with Crippen LogP contribution in [0.5, 0.6) is 0 Å². The Bertz CT molecular complexity index is 413. The van der Waals surface area contributed by atoms with E-state index in [0.717, 1.165) is 18.0 Å². The summed E-state index contributed by atoms with van der Waals surface area (Å²) < 4.78 is 0. The van der Waals surface area contributed by atoms with E-state index in [4.69, 9.17) is 0 Å². The predicted molar refractivity (Wildman–Crippen MR) is 64.5 cm³/mol. The van der Waals surface area contributed by atoms with Gasteiger partial charge in [0.2, 0.25) is 6.41 Å². The van der Waals surface area contributed by atoms with Gasteiger partial charge in [-0.15, -0.1) is 0 Å². The number of hydrogen-bond acceptors (Lipinski definition) is 1. The minimum atomic E-state index is 0.686. The first-order valence-electron chi connectivity index (χ1n) is 6.20. The molecule has 0 saturated heterocycles. The van der Waals surface area contributed by atoms with Crippen LogP contribution in [0.4, 0.5) is 5.69 Å². The van der Waals surface area contributed by atoms with E-state index in [1.165, 1.54) is 43.2 Å². The van der Waals surface area contributed by atoms with Crippen molar-refractivity contribution < 1.29 is 4.79 Å². The number of rotatable bonds is 2. The summed E-state index contributed by atoms with van der Waals surface area (Å²) in [4.78, 5) is 10.6. The smallest absolute Gasteiger partial charge is 0.211 e. The molecule has 0 aliphatic heterocycles. The highest BCUT2D eigenvalue weighted by molar-refractivity contribution is 5.75. The topological polar surface area (TPSA) is 29.1 Å². The average molecular weight is 215 g/mol. The second kappa shape index (κ2) is 3.93. The molecule has 2 aliphatic rings. The Morgan fingerprint density at radius 1 is 1.31 bits per heavy atom. The molecule has 1 aromatic rings. The fraction of sp³-hybridized carbons (Fsp3) is 0.500. The molecule has 1 aromatic carbocycles. The van der Waals surface area contributed by atoms with Gasteiger partial charge < -0.3 is 5.32 Å². The summed E-state index contributed by atoms with van der Waals surface area (Å²) in [5, 5.41) is 2.86. The quantitative estimate of drug-likeness (QED) is 0.755. The van der Waals surface area contributed by atoms with Gasteiger partial charge in [-0.3, -0.25) is 4.79 Å². The van der Waals surface area contributed by atoms with Gasteiger partial charge in [-0.05, 0) is 48.3 Å². The number of hydrogen-bond donors (Lipinski definition) is 1. The molecule has 1 amide bonds. The predicted octanol–water partition coefficient (Wildman–Crippen LogP) is 3.08. The van der Waals surface area contributed by atoms with E-state index in [-0.39, 0.29) is 0 Å². The Labute approximate surface area is 96.1 Å². The van der Waals surface area contributed by atoms with Crippen LogP contribution >= 0.6 is 0 Å². The van der Waals surface area contributed by atoms with Crippen LogP contribution in [0.25, 0.3) is 0 Å². The van der Waals surface area contributed by atoms with E-state index >= 15 is 0 Å². The van der Waals surface area contributed by atoms with Crippen LogP contribution in [0.2, 0.25) is 0 Å². The highest BCUT2D eigenvalue weighted by Crippen LogP contribution is 2.46. The molecule has 0 heterocycles. The van der Waals surface area contributed by atoms with Gasteiger partial charge in [-0.25, -0.2) is 0 Å². The van der Waals surface area contributed by atoms with Crippen LogP contribution < -0.4 is 5.32 Å². The van der Waals surface area contributed by atoms with Gasteiger partial charge in [0.1, 0.15) is 0 Å². The summed E-state index contributed by atoms with van der Waals surface area (Å²) in [6.07, 6.45) is 7.36. The van der Waals surface area contributed by atoms with Crippen molar-refractivity contribution in [3.05, 3.63) is 29.3 Å². The van der Waals surface area contributed by atoms with Crippen molar-refractivity contribution in [3.63, 3.8) is 0 Å². The lowest BCUT2D eigenvalue weighted by Gasteiger charge is -2.37. The van der Waals surface area contributed by atoms with Crippen molar-refractivity contribution in [3.8, 4) is 0 Å². The van der Waals surface area contributed by atoms with E-state index in [2.05, 4.69) is 17.4 Å². The van der Waals surface area contributed by atoms with Gasteiger partial charge in [0.25, 0.3) is 0 Å². The molecule has 16 heavy (non-hydrogen) atoms. The van der Waals surface area contributed by atoms with Crippen LogP contribution in [0.1, 0.15) is 42.7 Å². The molecule has 1 saturated carbocycles. The Hall–Kier alpha value is -1.31. The van der Waals surface area contributed by atoms with E-state index < -0.39 is 0 Å². The van der Waals surface area contributed by atoms with Gasteiger partial charge >= 0.3 is 0 Å². The van der Waals surface area contributed by atoms with Crippen LogP contribution in [0, 0.1) is 5.92 Å². The van der Waals surface area contributed by atoms with Gasteiger partial charge in [-0.1, -0.05) is 25.0 Å². The fourth-order valence-corrected chi connectivity index (χ4v) is 3.51. The number of carbonyl (C=O) groups excluding carboxylic acids is 1. The Balaban J connectivity index is 2.05. The third-order valence-electron chi connectivity index (χ3n) is 4.11. The van der Waals surface area contributed by atoms with Crippen LogP contribution in [0.15, 0.2) is 18.2 Å². The highest BCUT2D eigenvalue weighted by Gasteiger charge is 2.31. The standard InChI is InChI=1S/C14H17NO/c16-9-15-13-6-2-5-12-8-10-3-1-4-11(7-10)14(12)13/h2,5-6,9-11H,1,3-4,7-8H2,(H,15,16). The minimum Gasteiger partial charge on any atom is -0.328 e. The summed E-state index contributed by atoms with van der Waals surface area (Å²) in [5.74, 6) is 1.57. The normalized spacial score (nSPS) is 27.0. The molecule has 1 N–H and O–H groups in total. The zero-order valence-electron chi connectivity index (χ0n) is 9.41. The van der Waals surface area contributed by atoms with Gasteiger partial charge in [0.05, 0.1) is 0 Å². The maximum absolute atomic E-state index is 10.6. The summed E-state index contributed by atoms with van der Waals surface area (Å²) in [7, 11) is 0. The number of nitrogens with one attached hydrogen (secondary N) is 1. The number of amides is 1.